The van der Waals surface area contributed by atoms with Gasteiger partial charge in [0.25, 0.3) is 0 Å². The molecule has 114 valence electrons. The zero-order valence-corrected chi connectivity index (χ0v) is 13.8. The maximum Gasteiger partial charge on any atom is 0.249 e. The van der Waals surface area contributed by atoms with Crippen molar-refractivity contribution >= 4 is 0 Å². The molecule has 0 radical (unpaired) electrons. The molecule has 0 fully saturated rings. The molecular weight excluding hydrogens is 260 g/mol. The number of para-hydroxylation sites is 2. The fraction of sp³-hybridized carbons (Fsp3) is 0.500. The summed E-state index contributed by atoms with van der Waals surface area (Å²) in [6.07, 6.45) is 8.78. The largest absolute Gasteiger partial charge is 0.492 e. The van der Waals surface area contributed by atoms with E-state index in [0.717, 1.165) is 17.4 Å². The lowest BCUT2D eigenvalue weighted by atomic mass is 9.90. The number of nitrogens with zero attached hydrogens (tertiary/aromatic N) is 2. The van der Waals surface area contributed by atoms with Gasteiger partial charge < -0.3 is 4.74 Å². The van der Waals surface area contributed by atoms with E-state index in [-0.39, 0.29) is 5.54 Å². The Balaban J connectivity index is 2.29. The highest BCUT2D eigenvalue weighted by molar-refractivity contribution is 5.46. The first-order chi connectivity index (χ1) is 9.97. The van der Waals surface area contributed by atoms with Gasteiger partial charge >= 0.3 is 0 Å². The average Bonchev–Trinajstić information content (AvgIpc) is 2.97. The minimum absolute atomic E-state index is 0.114. The third-order valence-electron chi connectivity index (χ3n) is 4.24. The van der Waals surface area contributed by atoms with Gasteiger partial charge in [-0.1, -0.05) is 32.4 Å². The number of hydrogen-bond donors (Lipinski definition) is 0. The molecule has 0 spiro atoms. The predicted molar refractivity (Wildman–Crippen MR) is 85.9 cm³/mol. The minimum atomic E-state index is 0.114. The Morgan fingerprint density at radius 1 is 1.29 bits per heavy atom. The van der Waals surface area contributed by atoms with Crippen LogP contribution in [0.5, 0.6) is 5.75 Å². The van der Waals surface area contributed by atoms with Gasteiger partial charge in [0.15, 0.2) is 11.4 Å². The Hall–Kier alpha value is -1.77. The zero-order chi connectivity index (χ0) is 15.5. The van der Waals surface area contributed by atoms with E-state index < -0.39 is 0 Å². The molecule has 0 N–H and O–H groups in total. The van der Waals surface area contributed by atoms with Crippen molar-refractivity contribution in [1.29, 1.82) is 0 Å². The summed E-state index contributed by atoms with van der Waals surface area (Å²) in [5, 5.41) is 0. The van der Waals surface area contributed by atoms with Crippen LogP contribution in [-0.2, 0) is 5.54 Å². The summed E-state index contributed by atoms with van der Waals surface area (Å²) >= 11 is 0. The first-order valence-corrected chi connectivity index (χ1v) is 7.71. The Morgan fingerprint density at radius 2 is 2.00 bits per heavy atom. The van der Waals surface area contributed by atoms with Gasteiger partial charge in [0.1, 0.15) is 17.9 Å². The Bertz CT molecular complexity index is 586. The second kappa shape index (κ2) is 6.33. The molecule has 1 atom stereocenters. The standard InChI is InChI=1S/C18H27N2O/c1-6-15(2)13-18(3,4)20-12-11-19(14-20)16-9-7-8-10-17(16)21-5/h7-12,14-15H,6,13H2,1-5H3/q+1. The summed E-state index contributed by atoms with van der Waals surface area (Å²) in [5.74, 6) is 1.61. The summed E-state index contributed by atoms with van der Waals surface area (Å²) < 4.78 is 9.87. The van der Waals surface area contributed by atoms with Crippen LogP contribution in [0.1, 0.15) is 40.5 Å². The molecule has 0 amide bonds. The molecule has 1 aromatic carbocycles. The third kappa shape index (κ3) is 3.46. The van der Waals surface area contributed by atoms with Crippen LogP contribution in [0.25, 0.3) is 5.69 Å². The summed E-state index contributed by atoms with van der Waals surface area (Å²) in [5.41, 5.74) is 1.18. The van der Waals surface area contributed by atoms with Crippen LogP contribution in [0, 0.1) is 5.92 Å². The summed E-state index contributed by atoms with van der Waals surface area (Å²) in [6, 6.07) is 8.09. The van der Waals surface area contributed by atoms with Crippen molar-refractivity contribution in [2.24, 2.45) is 5.92 Å². The minimum Gasteiger partial charge on any atom is -0.492 e. The Labute approximate surface area is 128 Å². The highest BCUT2D eigenvalue weighted by Crippen LogP contribution is 2.23. The van der Waals surface area contributed by atoms with E-state index in [4.69, 9.17) is 4.74 Å². The number of methoxy groups -OCH3 is 1. The predicted octanol–water partition coefficient (Wildman–Crippen LogP) is 3.94. The molecule has 2 aromatic rings. The molecular formula is C18H27N2O+. The van der Waals surface area contributed by atoms with Crippen molar-refractivity contribution in [2.75, 3.05) is 7.11 Å². The molecule has 0 aliphatic rings. The maximum atomic E-state index is 5.45. The molecule has 0 aliphatic heterocycles. The van der Waals surface area contributed by atoms with Crippen LogP contribution in [-0.4, -0.2) is 11.7 Å². The number of rotatable bonds is 6. The van der Waals surface area contributed by atoms with E-state index in [2.05, 4.69) is 61.6 Å². The molecule has 1 aromatic heterocycles. The maximum absolute atomic E-state index is 5.45. The van der Waals surface area contributed by atoms with Crippen LogP contribution in [0.2, 0.25) is 0 Å². The monoisotopic (exact) mass is 287 g/mol. The Morgan fingerprint density at radius 3 is 2.67 bits per heavy atom. The van der Waals surface area contributed by atoms with E-state index in [1.807, 2.05) is 18.2 Å². The lowest BCUT2D eigenvalue weighted by Crippen LogP contribution is -2.51. The van der Waals surface area contributed by atoms with Gasteiger partial charge in [0.2, 0.25) is 6.33 Å². The van der Waals surface area contributed by atoms with Crippen molar-refractivity contribution in [3.05, 3.63) is 43.0 Å². The molecule has 1 heterocycles. The third-order valence-corrected chi connectivity index (χ3v) is 4.24. The molecule has 0 bridgehead atoms. The van der Waals surface area contributed by atoms with E-state index in [1.165, 1.54) is 12.8 Å². The lowest BCUT2D eigenvalue weighted by molar-refractivity contribution is -0.758. The van der Waals surface area contributed by atoms with Gasteiger partial charge in [-0.2, -0.15) is 4.57 Å². The van der Waals surface area contributed by atoms with E-state index in [9.17, 15) is 0 Å². The summed E-state index contributed by atoms with van der Waals surface area (Å²) in [6.45, 7) is 9.17. The van der Waals surface area contributed by atoms with Gasteiger partial charge in [0.05, 0.1) is 7.11 Å². The van der Waals surface area contributed by atoms with Crippen LogP contribution < -0.4 is 9.30 Å². The van der Waals surface area contributed by atoms with Crippen LogP contribution >= 0.6 is 0 Å². The first-order valence-electron chi connectivity index (χ1n) is 7.71. The molecule has 3 nitrogen and oxygen atoms in total. The van der Waals surface area contributed by atoms with E-state index in [0.29, 0.717) is 0 Å². The van der Waals surface area contributed by atoms with Gasteiger partial charge in [-0.05, 0) is 38.3 Å². The first kappa shape index (κ1) is 15.6. The second-order valence-electron chi connectivity index (χ2n) is 6.43. The average molecular weight is 287 g/mol. The quantitative estimate of drug-likeness (QED) is 0.736. The van der Waals surface area contributed by atoms with Crippen molar-refractivity contribution in [1.82, 2.24) is 4.57 Å². The number of ether oxygens (including phenoxy) is 1. The molecule has 1 unspecified atom stereocenters. The van der Waals surface area contributed by atoms with Gasteiger partial charge in [0, 0.05) is 0 Å². The highest BCUT2D eigenvalue weighted by atomic mass is 16.5. The Kier molecular flexibility index (Phi) is 4.71. The normalized spacial score (nSPS) is 13.2. The summed E-state index contributed by atoms with van der Waals surface area (Å²) in [7, 11) is 1.71. The van der Waals surface area contributed by atoms with Crippen molar-refractivity contribution in [3.8, 4) is 11.4 Å². The molecule has 3 heteroatoms. The number of benzene rings is 1. The van der Waals surface area contributed by atoms with Crippen molar-refractivity contribution < 1.29 is 9.30 Å². The topological polar surface area (TPSA) is 18.0 Å². The van der Waals surface area contributed by atoms with Crippen molar-refractivity contribution in [3.63, 3.8) is 0 Å². The van der Waals surface area contributed by atoms with E-state index >= 15 is 0 Å². The molecule has 2 rings (SSSR count). The molecule has 0 saturated heterocycles. The van der Waals surface area contributed by atoms with Crippen LogP contribution in [0.15, 0.2) is 43.0 Å². The molecule has 0 saturated carbocycles. The second-order valence-corrected chi connectivity index (χ2v) is 6.43. The van der Waals surface area contributed by atoms with Gasteiger partial charge in [-0.15, -0.1) is 0 Å². The van der Waals surface area contributed by atoms with Gasteiger partial charge in [-0.3, -0.25) is 0 Å². The molecule has 21 heavy (non-hydrogen) atoms. The molecule has 0 aliphatic carbocycles. The van der Waals surface area contributed by atoms with Gasteiger partial charge in [-0.25, -0.2) is 4.57 Å². The van der Waals surface area contributed by atoms with Crippen LogP contribution in [0.4, 0.5) is 0 Å². The summed E-state index contributed by atoms with van der Waals surface area (Å²) in [4.78, 5) is 0. The fourth-order valence-corrected chi connectivity index (χ4v) is 2.80. The highest BCUT2D eigenvalue weighted by Gasteiger charge is 2.28. The number of hydrogen-bond acceptors (Lipinski definition) is 1. The van der Waals surface area contributed by atoms with Crippen LogP contribution in [0.3, 0.4) is 0 Å². The van der Waals surface area contributed by atoms with E-state index in [1.54, 1.807) is 7.11 Å². The number of imidazole rings is 1. The number of aromatic nitrogens is 2. The fourth-order valence-electron chi connectivity index (χ4n) is 2.80. The SMILES string of the molecule is CCC(C)CC(C)(C)[n+]1ccn(-c2ccccc2OC)c1. The smallest absolute Gasteiger partial charge is 0.249 e. The lowest BCUT2D eigenvalue weighted by Gasteiger charge is -2.24. The van der Waals surface area contributed by atoms with Crippen molar-refractivity contribution in [2.45, 2.75) is 46.1 Å². The zero-order valence-electron chi connectivity index (χ0n) is 13.8.